The van der Waals surface area contributed by atoms with Gasteiger partial charge in [-0.1, -0.05) is 117 Å². The minimum Gasteiger partial charge on any atom is -0.463 e. The van der Waals surface area contributed by atoms with Crippen molar-refractivity contribution in [2.75, 3.05) is 0 Å². The van der Waals surface area contributed by atoms with Crippen LogP contribution in [0.3, 0.4) is 0 Å². The monoisotopic (exact) mass is 368 g/mol. The van der Waals surface area contributed by atoms with E-state index in [2.05, 4.69) is 13.8 Å². The molecule has 26 heavy (non-hydrogen) atoms. The predicted octanol–water partition coefficient (Wildman–Crippen LogP) is 8.37. The van der Waals surface area contributed by atoms with Gasteiger partial charge < -0.3 is 4.74 Å². The molecule has 1 unspecified atom stereocenters. The van der Waals surface area contributed by atoms with Crippen molar-refractivity contribution < 1.29 is 9.53 Å². The second-order valence-corrected chi connectivity index (χ2v) is 8.14. The first-order valence-electron chi connectivity index (χ1n) is 11.9. The molecule has 0 aliphatic heterocycles. The molecule has 0 aromatic heterocycles. The predicted molar refractivity (Wildman–Crippen MR) is 115 cm³/mol. The minimum atomic E-state index is 0.00305. The molecule has 0 N–H and O–H groups in total. The highest BCUT2D eigenvalue weighted by Crippen LogP contribution is 2.14. The van der Waals surface area contributed by atoms with Gasteiger partial charge in [-0.3, -0.25) is 4.79 Å². The van der Waals surface area contributed by atoms with E-state index in [1.807, 2.05) is 6.92 Å². The van der Waals surface area contributed by atoms with Crippen LogP contribution in [0.2, 0.25) is 0 Å². The van der Waals surface area contributed by atoms with Crippen LogP contribution in [0.1, 0.15) is 143 Å². The molecule has 156 valence electrons. The SMILES string of the molecule is CCCCCCCCCCCCCCCCCC(=O)OC(C)CCCC. The van der Waals surface area contributed by atoms with Crippen molar-refractivity contribution in [3.05, 3.63) is 0 Å². The second-order valence-electron chi connectivity index (χ2n) is 8.14. The summed E-state index contributed by atoms with van der Waals surface area (Å²) in [6.07, 6.45) is 24.4. The summed E-state index contributed by atoms with van der Waals surface area (Å²) in [5, 5.41) is 0. The van der Waals surface area contributed by atoms with E-state index in [-0.39, 0.29) is 12.1 Å². The maximum Gasteiger partial charge on any atom is 0.306 e. The van der Waals surface area contributed by atoms with Gasteiger partial charge in [0.05, 0.1) is 6.10 Å². The van der Waals surface area contributed by atoms with Gasteiger partial charge in [-0.15, -0.1) is 0 Å². The fourth-order valence-electron chi connectivity index (χ4n) is 3.47. The van der Waals surface area contributed by atoms with Gasteiger partial charge >= 0.3 is 5.97 Å². The normalized spacial score (nSPS) is 12.3. The molecule has 0 aliphatic rings. The molecule has 0 aliphatic carbocycles. The van der Waals surface area contributed by atoms with Crippen LogP contribution in [0.15, 0.2) is 0 Å². The highest BCUT2D eigenvalue weighted by atomic mass is 16.5. The first-order chi connectivity index (χ1) is 12.7. The van der Waals surface area contributed by atoms with E-state index in [9.17, 15) is 4.79 Å². The quantitative estimate of drug-likeness (QED) is 0.159. The largest absolute Gasteiger partial charge is 0.463 e. The Bertz CT molecular complexity index is 288. The summed E-state index contributed by atoms with van der Waals surface area (Å²) in [5.74, 6) is 0.00305. The van der Waals surface area contributed by atoms with E-state index in [1.54, 1.807) is 0 Å². The van der Waals surface area contributed by atoms with Crippen molar-refractivity contribution in [3.8, 4) is 0 Å². The van der Waals surface area contributed by atoms with Crippen molar-refractivity contribution in [3.63, 3.8) is 0 Å². The molecule has 2 nitrogen and oxygen atoms in total. The number of unbranched alkanes of at least 4 members (excludes halogenated alkanes) is 15. The lowest BCUT2D eigenvalue weighted by Crippen LogP contribution is -2.14. The smallest absolute Gasteiger partial charge is 0.306 e. The van der Waals surface area contributed by atoms with Gasteiger partial charge in [-0.25, -0.2) is 0 Å². The van der Waals surface area contributed by atoms with Crippen molar-refractivity contribution in [1.82, 2.24) is 0 Å². The van der Waals surface area contributed by atoms with Crippen LogP contribution in [0.5, 0.6) is 0 Å². The van der Waals surface area contributed by atoms with Gasteiger partial charge in [-0.05, 0) is 19.8 Å². The molecule has 0 radical (unpaired) electrons. The molecule has 1 atom stereocenters. The van der Waals surface area contributed by atoms with Gasteiger partial charge in [-0.2, -0.15) is 0 Å². The van der Waals surface area contributed by atoms with Crippen LogP contribution in [0.4, 0.5) is 0 Å². The lowest BCUT2D eigenvalue weighted by molar-refractivity contribution is -0.148. The third kappa shape index (κ3) is 19.8. The highest BCUT2D eigenvalue weighted by Gasteiger charge is 2.08. The summed E-state index contributed by atoms with van der Waals surface area (Å²) < 4.78 is 5.43. The standard InChI is InChI=1S/C24H48O2/c1-4-6-8-9-10-11-12-13-14-15-16-17-18-19-20-22-24(25)26-23(3)21-7-5-2/h23H,4-22H2,1-3H3. The Morgan fingerprint density at radius 2 is 1.00 bits per heavy atom. The maximum absolute atomic E-state index is 11.7. The molecule has 0 aromatic rings. The molecule has 0 saturated carbocycles. The Balaban J connectivity index is 3.18. The van der Waals surface area contributed by atoms with E-state index in [1.165, 1.54) is 96.3 Å². The van der Waals surface area contributed by atoms with E-state index >= 15 is 0 Å². The van der Waals surface area contributed by atoms with Gasteiger partial charge in [0, 0.05) is 6.42 Å². The zero-order valence-electron chi connectivity index (χ0n) is 18.3. The van der Waals surface area contributed by atoms with E-state index in [0.29, 0.717) is 6.42 Å². The van der Waals surface area contributed by atoms with Crippen molar-refractivity contribution >= 4 is 5.97 Å². The van der Waals surface area contributed by atoms with Crippen molar-refractivity contribution in [2.45, 2.75) is 149 Å². The summed E-state index contributed by atoms with van der Waals surface area (Å²) >= 11 is 0. The Labute approximate surface area is 164 Å². The summed E-state index contributed by atoms with van der Waals surface area (Å²) in [4.78, 5) is 11.7. The molecule has 0 fully saturated rings. The fourth-order valence-corrected chi connectivity index (χ4v) is 3.47. The van der Waals surface area contributed by atoms with Gasteiger partial charge in [0.15, 0.2) is 0 Å². The van der Waals surface area contributed by atoms with Gasteiger partial charge in [0.2, 0.25) is 0 Å². The fraction of sp³-hybridized carbons (Fsp3) is 0.958. The molecular formula is C24H48O2. The van der Waals surface area contributed by atoms with Gasteiger partial charge in [0.25, 0.3) is 0 Å². The highest BCUT2D eigenvalue weighted by molar-refractivity contribution is 5.69. The average molecular weight is 369 g/mol. The number of rotatable bonds is 20. The van der Waals surface area contributed by atoms with Gasteiger partial charge in [0.1, 0.15) is 0 Å². The zero-order chi connectivity index (χ0) is 19.3. The van der Waals surface area contributed by atoms with Crippen LogP contribution < -0.4 is 0 Å². The molecular weight excluding hydrogens is 320 g/mol. The topological polar surface area (TPSA) is 26.3 Å². The number of carbonyl (C=O) groups is 1. The summed E-state index contributed by atoms with van der Waals surface area (Å²) in [6.45, 7) is 6.47. The van der Waals surface area contributed by atoms with Crippen LogP contribution in [0, 0.1) is 0 Å². The summed E-state index contributed by atoms with van der Waals surface area (Å²) in [5.41, 5.74) is 0. The molecule has 0 saturated heterocycles. The number of carbonyl (C=O) groups excluding carboxylic acids is 1. The summed E-state index contributed by atoms with van der Waals surface area (Å²) in [6, 6.07) is 0. The Morgan fingerprint density at radius 3 is 1.42 bits per heavy atom. The summed E-state index contributed by atoms with van der Waals surface area (Å²) in [7, 11) is 0. The molecule has 0 bridgehead atoms. The maximum atomic E-state index is 11.7. The van der Waals surface area contributed by atoms with Crippen LogP contribution >= 0.6 is 0 Å². The first-order valence-corrected chi connectivity index (χ1v) is 11.9. The third-order valence-corrected chi connectivity index (χ3v) is 5.28. The van der Waals surface area contributed by atoms with Crippen LogP contribution in [-0.4, -0.2) is 12.1 Å². The van der Waals surface area contributed by atoms with E-state index < -0.39 is 0 Å². The van der Waals surface area contributed by atoms with Crippen molar-refractivity contribution in [1.29, 1.82) is 0 Å². The third-order valence-electron chi connectivity index (χ3n) is 5.28. The molecule has 2 heteroatoms. The molecule has 0 aromatic carbocycles. The lowest BCUT2D eigenvalue weighted by atomic mass is 10.0. The number of hydrogen-bond acceptors (Lipinski definition) is 2. The average Bonchev–Trinajstić information content (AvgIpc) is 2.63. The Kier molecular flexibility index (Phi) is 20.4. The van der Waals surface area contributed by atoms with Crippen LogP contribution in [-0.2, 0) is 9.53 Å². The molecule has 0 rings (SSSR count). The zero-order valence-corrected chi connectivity index (χ0v) is 18.3. The molecule has 0 heterocycles. The Hall–Kier alpha value is -0.530. The van der Waals surface area contributed by atoms with Crippen LogP contribution in [0.25, 0.3) is 0 Å². The molecule has 0 amide bonds. The number of esters is 1. The first kappa shape index (κ1) is 25.5. The van der Waals surface area contributed by atoms with E-state index in [4.69, 9.17) is 4.74 Å². The number of hydrogen-bond donors (Lipinski definition) is 0. The number of ether oxygens (including phenoxy) is 1. The minimum absolute atomic E-state index is 0.00305. The van der Waals surface area contributed by atoms with Crippen molar-refractivity contribution in [2.24, 2.45) is 0 Å². The molecule has 0 spiro atoms. The Morgan fingerprint density at radius 1 is 0.615 bits per heavy atom. The lowest BCUT2D eigenvalue weighted by Gasteiger charge is -2.12. The second kappa shape index (κ2) is 20.8. The van der Waals surface area contributed by atoms with E-state index in [0.717, 1.165) is 19.3 Å².